The third-order valence-electron chi connectivity index (χ3n) is 4.66. The third-order valence-corrected chi connectivity index (χ3v) is 4.88. The molecule has 6 nitrogen and oxygen atoms in total. The molecule has 0 fully saturated rings. The van der Waals surface area contributed by atoms with Crippen LogP contribution in [0, 0.1) is 0 Å². The number of benzene rings is 2. The van der Waals surface area contributed by atoms with Gasteiger partial charge in [0.05, 0.1) is 17.6 Å². The zero-order valence-electron chi connectivity index (χ0n) is 16.6. The van der Waals surface area contributed by atoms with Gasteiger partial charge in [-0.2, -0.15) is 0 Å². The highest BCUT2D eigenvalue weighted by molar-refractivity contribution is 6.29. The van der Waals surface area contributed by atoms with Crippen molar-refractivity contribution in [3.8, 4) is 5.75 Å². The van der Waals surface area contributed by atoms with E-state index in [0.29, 0.717) is 22.3 Å². The standard InChI is InChI=1S/C24H18ClN3O3/c1-28(18-11-12-22(25)26-15-18)23(29)13-10-16-6-8-17(9-7-16)14-21-24(30)27-19-4-2-3-5-20(19)31-21/h2-15H,1H3,(H,27,30)/b13-10+,21-14-. The van der Waals surface area contributed by atoms with Crippen molar-refractivity contribution in [1.82, 2.24) is 4.98 Å². The topological polar surface area (TPSA) is 71.5 Å². The number of fused-ring (bicyclic) bond motifs is 1. The van der Waals surface area contributed by atoms with Crippen molar-refractivity contribution in [2.24, 2.45) is 0 Å². The molecule has 0 bridgehead atoms. The first-order chi connectivity index (χ1) is 15.0. The van der Waals surface area contributed by atoms with Gasteiger partial charge in [0.25, 0.3) is 11.8 Å². The van der Waals surface area contributed by atoms with Crippen molar-refractivity contribution >= 4 is 46.9 Å². The van der Waals surface area contributed by atoms with E-state index in [1.54, 1.807) is 43.5 Å². The highest BCUT2D eigenvalue weighted by Crippen LogP contribution is 2.30. The van der Waals surface area contributed by atoms with Gasteiger partial charge in [-0.05, 0) is 47.5 Å². The minimum Gasteiger partial charge on any atom is -0.449 e. The van der Waals surface area contributed by atoms with Crippen LogP contribution in [0.2, 0.25) is 5.15 Å². The van der Waals surface area contributed by atoms with E-state index in [1.165, 1.54) is 17.2 Å². The first-order valence-corrected chi connectivity index (χ1v) is 9.85. The maximum absolute atomic E-state index is 12.4. The van der Waals surface area contributed by atoms with Gasteiger partial charge in [0.2, 0.25) is 0 Å². The highest BCUT2D eigenvalue weighted by Gasteiger charge is 2.21. The Kier molecular flexibility index (Phi) is 5.82. The fraction of sp³-hybridized carbons (Fsp3) is 0.0417. The number of anilines is 2. The molecule has 0 saturated heterocycles. The summed E-state index contributed by atoms with van der Waals surface area (Å²) < 4.78 is 5.70. The van der Waals surface area contributed by atoms with Crippen LogP contribution in [0.3, 0.4) is 0 Å². The molecule has 31 heavy (non-hydrogen) atoms. The lowest BCUT2D eigenvalue weighted by Crippen LogP contribution is -2.23. The second kappa shape index (κ2) is 8.85. The molecular formula is C24H18ClN3O3. The number of halogens is 1. The molecule has 1 aliphatic heterocycles. The van der Waals surface area contributed by atoms with E-state index >= 15 is 0 Å². The molecule has 154 valence electrons. The summed E-state index contributed by atoms with van der Waals surface area (Å²) in [5.74, 6) is 0.330. The van der Waals surface area contributed by atoms with E-state index in [2.05, 4.69) is 10.3 Å². The number of hydrogen-bond acceptors (Lipinski definition) is 4. The Labute approximate surface area is 184 Å². The number of carbonyl (C=O) groups is 2. The van der Waals surface area contributed by atoms with E-state index in [1.807, 2.05) is 36.4 Å². The van der Waals surface area contributed by atoms with Crippen molar-refractivity contribution in [1.29, 1.82) is 0 Å². The molecule has 0 atom stereocenters. The summed E-state index contributed by atoms with van der Waals surface area (Å²) >= 11 is 5.78. The van der Waals surface area contributed by atoms with Gasteiger partial charge in [0.15, 0.2) is 11.5 Å². The summed E-state index contributed by atoms with van der Waals surface area (Å²) in [6.45, 7) is 0. The Morgan fingerprint density at radius 1 is 1.06 bits per heavy atom. The molecule has 0 aliphatic carbocycles. The lowest BCUT2D eigenvalue weighted by Gasteiger charge is -2.19. The number of hydrogen-bond donors (Lipinski definition) is 1. The zero-order chi connectivity index (χ0) is 21.8. The third kappa shape index (κ3) is 4.82. The average molecular weight is 432 g/mol. The Hall–Kier alpha value is -3.90. The largest absolute Gasteiger partial charge is 0.449 e. The van der Waals surface area contributed by atoms with Gasteiger partial charge >= 0.3 is 0 Å². The number of para-hydroxylation sites is 2. The van der Waals surface area contributed by atoms with Crippen molar-refractivity contribution < 1.29 is 14.3 Å². The molecule has 0 spiro atoms. The molecule has 1 aromatic heterocycles. The van der Waals surface area contributed by atoms with Crippen LogP contribution >= 0.6 is 11.6 Å². The number of amides is 2. The second-order valence-corrected chi connectivity index (χ2v) is 7.18. The summed E-state index contributed by atoms with van der Waals surface area (Å²) in [5, 5.41) is 3.17. The molecule has 4 rings (SSSR count). The number of rotatable bonds is 4. The van der Waals surface area contributed by atoms with Crippen LogP contribution in [0.25, 0.3) is 12.2 Å². The Morgan fingerprint density at radius 3 is 2.55 bits per heavy atom. The van der Waals surface area contributed by atoms with E-state index in [0.717, 1.165) is 11.1 Å². The van der Waals surface area contributed by atoms with Crippen LogP contribution in [0.4, 0.5) is 11.4 Å². The quantitative estimate of drug-likeness (QED) is 0.476. The summed E-state index contributed by atoms with van der Waals surface area (Å²) in [6.07, 6.45) is 6.42. The molecule has 1 N–H and O–H groups in total. The SMILES string of the molecule is CN(C(=O)/C=C/c1ccc(/C=C2\Oc3ccccc3NC2=O)cc1)c1ccc(Cl)nc1. The number of aromatic nitrogens is 1. The maximum atomic E-state index is 12.4. The average Bonchev–Trinajstić information content (AvgIpc) is 2.79. The van der Waals surface area contributed by atoms with E-state index in [-0.39, 0.29) is 17.6 Å². The first-order valence-electron chi connectivity index (χ1n) is 9.47. The number of likely N-dealkylation sites (N-methyl/N-ethyl adjacent to an activating group) is 1. The smallest absolute Gasteiger partial charge is 0.291 e. The van der Waals surface area contributed by atoms with Crippen LogP contribution in [0.5, 0.6) is 5.75 Å². The summed E-state index contributed by atoms with van der Waals surface area (Å²) in [6, 6.07) is 18.0. The molecule has 0 unspecified atom stereocenters. The number of nitrogens with one attached hydrogen (secondary N) is 1. The number of pyridine rings is 1. The molecule has 3 aromatic rings. The fourth-order valence-electron chi connectivity index (χ4n) is 2.93. The van der Waals surface area contributed by atoms with Gasteiger partial charge in [0, 0.05) is 13.1 Å². The van der Waals surface area contributed by atoms with E-state index < -0.39 is 0 Å². The molecule has 2 amide bonds. The van der Waals surface area contributed by atoms with E-state index in [9.17, 15) is 9.59 Å². The molecular weight excluding hydrogens is 414 g/mol. The highest BCUT2D eigenvalue weighted by atomic mass is 35.5. The van der Waals surface area contributed by atoms with Crippen LogP contribution < -0.4 is 15.0 Å². The lowest BCUT2D eigenvalue weighted by atomic mass is 10.1. The predicted octanol–water partition coefficient (Wildman–Crippen LogP) is 4.78. The summed E-state index contributed by atoms with van der Waals surface area (Å²) in [5.41, 5.74) is 2.94. The van der Waals surface area contributed by atoms with Crippen molar-refractivity contribution in [3.63, 3.8) is 0 Å². The van der Waals surface area contributed by atoms with Gasteiger partial charge < -0.3 is 15.0 Å². The number of nitrogens with zero attached hydrogens (tertiary/aromatic N) is 2. The monoisotopic (exact) mass is 431 g/mol. The van der Waals surface area contributed by atoms with Gasteiger partial charge in [-0.15, -0.1) is 0 Å². The summed E-state index contributed by atoms with van der Waals surface area (Å²) in [4.78, 5) is 30.1. The normalized spacial score (nSPS) is 14.1. The minimum atomic E-state index is -0.298. The maximum Gasteiger partial charge on any atom is 0.291 e. The van der Waals surface area contributed by atoms with Gasteiger partial charge in [-0.3, -0.25) is 9.59 Å². The van der Waals surface area contributed by atoms with Crippen molar-refractivity contribution in [3.05, 3.63) is 95.0 Å². The molecule has 2 heterocycles. The molecule has 0 saturated carbocycles. The Bertz CT molecular complexity index is 1190. The predicted molar refractivity (Wildman–Crippen MR) is 122 cm³/mol. The number of carbonyl (C=O) groups excluding carboxylic acids is 2. The molecule has 0 radical (unpaired) electrons. The van der Waals surface area contributed by atoms with Gasteiger partial charge in [-0.25, -0.2) is 4.98 Å². The molecule has 7 heteroatoms. The fourth-order valence-corrected chi connectivity index (χ4v) is 3.04. The van der Waals surface area contributed by atoms with Crippen LogP contribution in [-0.4, -0.2) is 23.8 Å². The molecule has 1 aliphatic rings. The van der Waals surface area contributed by atoms with Crippen molar-refractivity contribution in [2.45, 2.75) is 0 Å². The van der Waals surface area contributed by atoms with Crippen LogP contribution in [0.15, 0.2) is 78.7 Å². The van der Waals surface area contributed by atoms with Crippen molar-refractivity contribution in [2.75, 3.05) is 17.3 Å². The van der Waals surface area contributed by atoms with Gasteiger partial charge in [-0.1, -0.05) is 48.0 Å². The Balaban J connectivity index is 1.43. The van der Waals surface area contributed by atoms with Gasteiger partial charge in [0.1, 0.15) is 5.15 Å². The Morgan fingerprint density at radius 2 is 1.81 bits per heavy atom. The minimum absolute atomic E-state index is 0.193. The van der Waals surface area contributed by atoms with E-state index in [4.69, 9.17) is 16.3 Å². The molecule has 2 aromatic carbocycles. The van der Waals surface area contributed by atoms with Crippen LogP contribution in [-0.2, 0) is 9.59 Å². The lowest BCUT2D eigenvalue weighted by molar-refractivity contribution is -0.115. The number of ether oxygens (including phenoxy) is 1. The zero-order valence-corrected chi connectivity index (χ0v) is 17.3. The first kappa shape index (κ1) is 20.4. The van der Waals surface area contributed by atoms with Crippen LogP contribution in [0.1, 0.15) is 11.1 Å². The second-order valence-electron chi connectivity index (χ2n) is 6.80. The summed E-state index contributed by atoms with van der Waals surface area (Å²) in [7, 11) is 1.67.